The van der Waals surface area contributed by atoms with Gasteiger partial charge < -0.3 is 10.6 Å². The van der Waals surface area contributed by atoms with Crippen LogP contribution in [0, 0.1) is 6.92 Å². The van der Waals surface area contributed by atoms with Crippen LogP contribution in [0.2, 0.25) is 0 Å². The van der Waals surface area contributed by atoms with E-state index in [9.17, 15) is 4.79 Å². The minimum absolute atomic E-state index is 0.0462. The Morgan fingerprint density at radius 2 is 1.90 bits per heavy atom. The number of amides is 1. The van der Waals surface area contributed by atoms with Crippen molar-refractivity contribution in [3.05, 3.63) is 64.7 Å². The molecule has 3 rings (SSSR count). The van der Waals surface area contributed by atoms with E-state index in [0.29, 0.717) is 17.8 Å². The van der Waals surface area contributed by atoms with Crippen LogP contribution in [-0.4, -0.2) is 17.4 Å². The molecule has 1 aliphatic heterocycles. The van der Waals surface area contributed by atoms with Crippen molar-refractivity contribution in [1.29, 1.82) is 0 Å². The minimum Gasteiger partial charge on any atom is -0.398 e. The first-order valence-corrected chi connectivity index (χ1v) is 6.87. The molecular formula is C17H18N2O. The molecule has 0 bridgehead atoms. The third-order valence-electron chi connectivity index (χ3n) is 3.83. The quantitative estimate of drug-likeness (QED) is 0.850. The number of rotatable bonds is 2. The van der Waals surface area contributed by atoms with E-state index < -0.39 is 0 Å². The van der Waals surface area contributed by atoms with Gasteiger partial charge in [0.1, 0.15) is 0 Å². The highest BCUT2D eigenvalue weighted by molar-refractivity contribution is 6.01. The molecule has 1 aliphatic rings. The summed E-state index contributed by atoms with van der Waals surface area (Å²) in [4.78, 5) is 14.4. The highest BCUT2D eigenvalue weighted by Crippen LogP contribution is 2.25. The van der Waals surface area contributed by atoms with E-state index in [1.807, 2.05) is 17.0 Å². The lowest BCUT2D eigenvalue weighted by molar-refractivity contribution is 0.0728. The molecule has 0 fully saturated rings. The van der Waals surface area contributed by atoms with E-state index in [0.717, 1.165) is 24.1 Å². The zero-order valence-corrected chi connectivity index (χ0v) is 11.6. The SMILES string of the molecule is Cc1ccc(CN2CCc3cccc(N)c3C2=O)cc1. The Labute approximate surface area is 119 Å². The van der Waals surface area contributed by atoms with Crippen molar-refractivity contribution in [2.45, 2.75) is 19.9 Å². The van der Waals surface area contributed by atoms with Crippen molar-refractivity contribution in [1.82, 2.24) is 4.90 Å². The van der Waals surface area contributed by atoms with Crippen LogP contribution in [0.1, 0.15) is 27.0 Å². The number of benzene rings is 2. The smallest absolute Gasteiger partial charge is 0.256 e. The van der Waals surface area contributed by atoms with Crippen LogP contribution in [0.3, 0.4) is 0 Å². The number of hydrogen-bond donors (Lipinski definition) is 1. The maximum Gasteiger partial charge on any atom is 0.256 e. The summed E-state index contributed by atoms with van der Waals surface area (Å²) < 4.78 is 0. The summed E-state index contributed by atoms with van der Waals surface area (Å²) in [5, 5.41) is 0. The van der Waals surface area contributed by atoms with Gasteiger partial charge in [-0.05, 0) is 30.5 Å². The summed E-state index contributed by atoms with van der Waals surface area (Å²) >= 11 is 0. The second-order valence-corrected chi connectivity index (χ2v) is 5.34. The Bertz CT molecular complexity index is 647. The first kappa shape index (κ1) is 12.7. The van der Waals surface area contributed by atoms with Crippen LogP contribution in [0.4, 0.5) is 5.69 Å². The van der Waals surface area contributed by atoms with E-state index in [1.165, 1.54) is 5.56 Å². The lowest BCUT2D eigenvalue weighted by Crippen LogP contribution is -2.37. The van der Waals surface area contributed by atoms with Crippen LogP contribution >= 0.6 is 0 Å². The average Bonchev–Trinajstić information content (AvgIpc) is 2.44. The van der Waals surface area contributed by atoms with Crippen molar-refractivity contribution >= 4 is 11.6 Å². The summed E-state index contributed by atoms with van der Waals surface area (Å²) in [6.45, 7) is 3.46. The van der Waals surface area contributed by atoms with Crippen LogP contribution in [-0.2, 0) is 13.0 Å². The van der Waals surface area contributed by atoms with Crippen molar-refractivity contribution < 1.29 is 4.79 Å². The van der Waals surface area contributed by atoms with Gasteiger partial charge in [-0.3, -0.25) is 4.79 Å². The second-order valence-electron chi connectivity index (χ2n) is 5.34. The molecular weight excluding hydrogens is 248 g/mol. The van der Waals surface area contributed by atoms with Gasteiger partial charge in [0, 0.05) is 18.8 Å². The first-order chi connectivity index (χ1) is 9.65. The van der Waals surface area contributed by atoms with E-state index in [1.54, 1.807) is 6.07 Å². The highest BCUT2D eigenvalue weighted by atomic mass is 16.2. The van der Waals surface area contributed by atoms with Crippen LogP contribution in [0.15, 0.2) is 42.5 Å². The predicted octanol–water partition coefficient (Wildman–Crippen LogP) is 2.78. The summed E-state index contributed by atoms with van der Waals surface area (Å²) in [6.07, 6.45) is 0.873. The van der Waals surface area contributed by atoms with Gasteiger partial charge in [0.05, 0.1) is 5.56 Å². The van der Waals surface area contributed by atoms with Gasteiger partial charge in [0.15, 0.2) is 0 Å². The monoisotopic (exact) mass is 266 g/mol. The van der Waals surface area contributed by atoms with Gasteiger partial charge in [-0.2, -0.15) is 0 Å². The number of carbonyl (C=O) groups is 1. The minimum atomic E-state index is 0.0462. The fourth-order valence-corrected chi connectivity index (χ4v) is 2.67. The number of hydrogen-bond acceptors (Lipinski definition) is 2. The Hall–Kier alpha value is -2.29. The third kappa shape index (κ3) is 2.27. The summed E-state index contributed by atoms with van der Waals surface area (Å²) in [6, 6.07) is 14.0. The molecule has 1 heterocycles. The topological polar surface area (TPSA) is 46.3 Å². The molecule has 1 amide bonds. The number of carbonyl (C=O) groups excluding carboxylic acids is 1. The summed E-state index contributed by atoms with van der Waals surface area (Å²) in [5.74, 6) is 0.0462. The zero-order valence-electron chi connectivity index (χ0n) is 11.6. The van der Waals surface area contributed by atoms with Crippen molar-refractivity contribution in [2.75, 3.05) is 12.3 Å². The maximum absolute atomic E-state index is 12.6. The fourth-order valence-electron chi connectivity index (χ4n) is 2.67. The average molecular weight is 266 g/mol. The standard InChI is InChI=1S/C17H18N2O/c1-12-5-7-13(8-6-12)11-19-10-9-14-3-2-4-15(18)16(14)17(19)20/h2-8H,9-11,18H2,1H3. The molecule has 3 nitrogen and oxygen atoms in total. The normalized spacial score (nSPS) is 14.2. The lowest BCUT2D eigenvalue weighted by Gasteiger charge is -2.29. The second kappa shape index (κ2) is 5.00. The van der Waals surface area contributed by atoms with Gasteiger partial charge >= 0.3 is 0 Å². The molecule has 0 unspecified atom stereocenters. The van der Waals surface area contributed by atoms with Gasteiger partial charge in [0.2, 0.25) is 0 Å². The largest absolute Gasteiger partial charge is 0.398 e. The first-order valence-electron chi connectivity index (χ1n) is 6.87. The molecule has 0 saturated carbocycles. The molecule has 0 saturated heterocycles. The van der Waals surface area contributed by atoms with Gasteiger partial charge in [-0.25, -0.2) is 0 Å². The van der Waals surface area contributed by atoms with E-state index in [2.05, 4.69) is 31.2 Å². The highest BCUT2D eigenvalue weighted by Gasteiger charge is 2.25. The molecule has 0 radical (unpaired) electrons. The Morgan fingerprint density at radius 1 is 1.15 bits per heavy atom. The molecule has 2 aromatic carbocycles. The molecule has 3 heteroatoms. The fraction of sp³-hybridized carbons (Fsp3) is 0.235. The predicted molar refractivity (Wildman–Crippen MR) is 80.5 cm³/mol. The number of nitrogen functional groups attached to an aromatic ring is 1. The van der Waals surface area contributed by atoms with E-state index in [-0.39, 0.29) is 5.91 Å². The third-order valence-corrected chi connectivity index (χ3v) is 3.83. The van der Waals surface area contributed by atoms with Crippen molar-refractivity contribution in [2.24, 2.45) is 0 Å². The van der Waals surface area contributed by atoms with Crippen LogP contribution in [0.25, 0.3) is 0 Å². The maximum atomic E-state index is 12.6. The molecule has 20 heavy (non-hydrogen) atoms. The van der Waals surface area contributed by atoms with Crippen LogP contribution in [0.5, 0.6) is 0 Å². The van der Waals surface area contributed by atoms with E-state index >= 15 is 0 Å². The number of nitrogens with two attached hydrogens (primary N) is 1. The molecule has 2 N–H and O–H groups in total. The Morgan fingerprint density at radius 3 is 2.65 bits per heavy atom. The zero-order chi connectivity index (χ0) is 14.1. The Balaban J connectivity index is 1.85. The number of aryl methyl sites for hydroxylation is 1. The number of nitrogens with zero attached hydrogens (tertiary/aromatic N) is 1. The number of anilines is 1. The van der Waals surface area contributed by atoms with Gasteiger partial charge in [0.25, 0.3) is 5.91 Å². The Kier molecular flexibility index (Phi) is 3.18. The van der Waals surface area contributed by atoms with Crippen molar-refractivity contribution in [3.63, 3.8) is 0 Å². The molecule has 0 aliphatic carbocycles. The van der Waals surface area contributed by atoms with Crippen molar-refractivity contribution in [3.8, 4) is 0 Å². The number of fused-ring (bicyclic) bond motifs is 1. The molecule has 0 aromatic heterocycles. The van der Waals surface area contributed by atoms with Gasteiger partial charge in [-0.1, -0.05) is 42.0 Å². The summed E-state index contributed by atoms with van der Waals surface area (Å²) in [5.41, 5.74) is 10.7. The van der Waals surface area contributed by atoms with E-state index in [4.69, 9.17) is 5.73 Å². The van der Waals surface area contributed by atoms with Crippen LogP contribution < -0.4 is 5.73 Å². The summed E-state index contributed by atoms with van der Waals surface area (Å²) in [7, 11) is 0. The molecule has 0 atom stereocenters. The molecule has 2 aromatic rings. The van der Waals surface area contributed by atoms with Gasteiger partial charge in [-0.15, -0.1) is 0 Å². The molecule has 0 spiro atoms. The molecule has 102 valence electrons. The lowest BCUT2D eigenvalue weighted by atomic mass is 9.97.